The van der Waals surface area contributed by atoms with E-state index in [2.05, 4.69) is 33.0 Å². The lowest BCUT2D eigenvalue weighted by atomic mass is 10.1. The van der Waals surface area contributed by atoms with Crippen LogP contribution in [-0.2, 0) is 42.6 Å². The highest BCUT2D eigenvalue weighted by atomic mass is 16.6. The van der Waals surface area contributed by atoms with E-state index < -0.39 is 0 Å². The molecule has 0 saturated heterocycles. The van der Waals surface area contributed by atoms with Crippen LogP contribution in [0.5, 0.6) is 17.2 Å². The highest BCUT2D eigenvalue weighted by molar-refractivity contribution is 5.95. The lowest BCUT2D eigenvalue weighted by molar-refractivity contribution is -0.0000459. The van der Waals surface area contributed by atoms with E-state index in [1.54, 1.807) is 19.2 Å². The van der Waals surface area contributed by atoms with E-state index >= 15 is 0 Å². The van der Waals surface area contributed by atoms with Gasteiger partial charge in [0.15, 0.2) is 11.5 Å². The number of hydrogen-bond acceptors (Lipinski definition) is 13. The molecule has 0 radical (unpaired) electrons. The van der Waals surface area contributed by atoms with E-state index in [0.29, 0.717) is 141 Å². The minimum atomic E-state index is -0.233. The first-order valence-corrected chi connectivity index (χ1v) is 18.5. The van der Waals surface area contributed by atoms with Crippen molar-refractivity contribution in [1.82, 2.24) is 5.32 Å². The summed E-state index contributed by atoms with van der Waals surface area (Å²) in [7, 11) is 1.63. The Kier molecular flexibility index (Phi) is 31.9. The largest absolute Gasteiger partial charge is 0.487 e. The van der Waals surface area contributed by atoms with E-state index in [1.165, 1.54) is 0 Å². The summed E-state index contributed by atoms with van der Waals surface area (Å²) in [6.07, 6.45) is 2.80. The van der Waals surface area contributed by atoms with Crippen molar-refractivity contribution < 1.29 is 61.6 Å². The number of carbonyl (C=O) groups is 1. The van der Waals surface area contributed by atoms with Crippen molar-refractivity contribution in [2.24, 2.45) is 5.92 Å². The second-order valence-electron chi connectivity index (χ2n) is 11.7. The van der Waals surface area contributed by atoms with Gasteiger partial charge in [-0.05, 0) is 37.3 Å². The van der Waals surface area contributed by atoms with E-state index in [0.717, 1.165) is 25.9 Å². The van der Waals surface area contributed by atoms with Crippen molar-refractivity contribution >= 4 is 5.91 Å². The first kappa shape index (κ1) is 46.8. The Labute approximate surface area is 306 Å². The number of benzene rings is 1. The zero-order valence-corrected chi connectivity index (χ0v) is 32.0. The van der Waals surface area contributed by atoms with Crippen LogP contribution in [0, 0.1) is 5.92 Å². The van der Waals surface area contributed by atoms with Gasteiger partial charge in [-0.2, -0.15) is 0 Å². The zero-order chi connectivity index (χ0) is 37.0. The summed E-state index contributed by atoms with van der Waals surface area (Å²) in [5.41, 5.74) is 0.391. The van der Waals surface area contributed by atoms with Crippen LogP contribution in [0.1, 0.15) is 57.3 Å². The van der Waals surface area contributed by atoms with Crippen LogP contribution >= 0.6 is 0 Å². The van der Waals surface area contributed by atoms with Gasteiger partial charge in [0.2, 0.25) is 5.75 Å². The third-order valence-corrected chi connectivity index (χ3v) is 6.72. The molecule has 14 heteroatoms. The SMILES string of the molecule is CCCOCCOCCOCCOc1cc(C(=O)NCCC(C)C)cc(OCCOCCOCCOCCOC)c1OCCOCCOCCC. The molecule has 0 aliphatic rings. The number of carbonyl (C=O) groups excluding carboxylic acids is 1. The fourth-order valence-corrected chi connectivity index (χ4v) is 4.10. The van der Waals surface area contributed by atoms with Gasteiger partial charge in [-0.3, -0.25) is 4.79 Å². The first-order chi connectivity index (χ1) is 25.0. The van der Waals surface area contributed by atoms with Crippen LogP contribution in [0.3, 0.4) is 0 Å². The molecule has 51 heavy (non-hydrogen) atoms. The van der Waals surface area contributed by atoms with Crippen molar-refractivity contribution in [2.75, 3.05) is 146 Å². The third kappa shape index (κ3) is 27.1. The van der Waals surface area contributed by atoms with E-state index in [-0.39, 0.29) is 25.7 Å². The molecule has 0 bridgehead atoms. The molecule has 298 valence electrons. The Morgan fingerprint density at radius 2 is 0.882 bits per heavy atom. The van der Waals surface area contributed by atoms with Crippen molar-refractivity contribution in [2.45, 2.75) is 47.0 Å². The normalized spacial score (nSPS) is 11.3. The van der Waals surface area contributed by atoms with Gasteiger partial charge in [0, 0.05) is 32.4 Å². The smallest absolute Gasteiger partial charge is 0.251 e. The van der Waals surface area contributed by atoms with Crippen molar-refractivity contribution in [3.05, 3.63) is 17.7 Å². The van der Waals surface area contributed by atoms with Crippen molar-refractivity contribution in [1.29, 1.82) is 0 Å². The maximum absolute atomic E-state index is 13.2. The highest BCUT2D eigenvalue weighted by Crippen LogP contribution is 2.39. The second kappa shape index (κ2) is 34.8. The number of nitrogens with one attached hydrogen (secondary N) is 1. The van der Waals surface area contributed by atoms with Gasteiger partial charge in [-0.25, -0.2) is 0 Å². The van der Waals surface area contributed by atoms with Crippen LogP contribution in [-0.4, -0.2) is 152 Å². The van der Waals surface area contributed by atoms with Gasteiger partial charge >= 0.3 is 0 Å². The molecule has 1 aromatic carbocycles. The van der Waals surface area contributed by atoms with Gasteiger partial charge in [0.05, 0.1) is 99.1 Å². The average Bonchev–Trinajstić information content (AvgIpc) is 3.12. The lowest BCUT2D eigenvalue weighted by Gasteiger charge is -2.19. The summed E-state index contributed by atoms with van der Waals surface area (Å²) in [5, 5.41) is 2.99. The van der Waals surface area contributed by atoms with Gasteiger partial charge in [-0.15, -0.1) is 0 Å². The minimum absolute atomic E-state index is 0.214. The van der Waals surface area contributed by atoms with Crippen molar-refractivity contribution in [3.8, 4) is 17.2 Å². The fraction of sp³-hybridized carbons (Fsp3) is 0.811. The van der Waals surface area contributed by atoms with Gasteiger partial charge < -0.3 is 62.2 Å². The minimum Gasteiger partial charge on any atom is -0.487 e. The van der Waals surface area contributed by atoms with E-state index in [9.17, 15) is 4.79 Å². The van der Waals surface area contributed by atoms with Gasteiger partial charge in [-0.1, -0.05) is 27.7 Å². The maximum Gasteiger partial charge on any atom is 0.251 e. The van der Waals surface area contributed by atoms with Crippen LogP contribution in [0.15, 0.2) is 12.1 Å². The highest BCUT2D eigenvalue weighted by Gasteiger charge is 2.19. The Morgan fingerprint density at radius 1 is 0.529 bits per heavy atom. The molecule has 1 N–H and O–H groups in total. The molecule has 0 saturated carbocycles. The van der Waals surface area contributed by atoms with Crippen LogP contribution in [0.4, 0.5) is 0 Å². The standard InChI is InChI=1S/C37H67NO13/c1-6-10-41-14-16-44-20-22-46-24-27-49-34-30-33(37(39)38-9-8-32(3)4)31-35(36(34)51-29-26-48-17-15-42-11-7-2)50-28-25-47-23-21-45-19-18-43-13-12-40-5/h30-32H,6-29H2,1-5H3,(H,38,39). The maximum atomic E-state index is 13.2. The molecular weight excluding hydrogens is 666 g/mol. The molecular formula is C37H67NO13. The number of amides is 1. The predicted octanol–water partition coefficient (Wildman–Crippen LogP) is 4.20. The predicted molar refractivity (Wildman–Crippen MR) is 194 cm³/mol. The lowest BCUT2D eigenvalue weighted by Crippen LogP contribution is -2.25. The number of rotatable bonds is 38. The number of methoxy groups -OCH3 is 1. The van der Waals surface area contributed by atoms with Gasteiger partial charge in [0.25, 0.3) is 5.91 Å². The Bertz CT molecular complexity index is 938. The van der Waals surface area contributed by atoms with Crippen molar-refractivity contribution in [3.63, 3.8) is 0 Å². The second-order valence-corrected chi connectivity index (χ2v) is 11.7. The quantitative estimate of drug-likeness (QED) is 0.0973. The summed E-state index contributed by atoms with van der Waals surface area (Å²) in [6, 6.07) is 3.33. The molecule has 14 nitrogen and oxygen atoms in total. The molecule has 0 aromatic heterocycles. The molecule has 0 fully saturated rings. The summed E-state index contributed by atoms with van der Waals surface area (Å²) in [5.74, 6) is 1.32. The Balaban J connectivity index is 2.83. The summed E-state index contributed by atoms with van der Waals surface area (Å²) < 4.78 is 67.8. The summed E-state index contributed by atoms with van der Waals surface area (Å²) in [6.45, 7) is 17.8. The average molecular weight is 734 g/mol. The monoisotopic (exact) mass is 733 g/mol. The summed E-state index contributed by atoms with van der Waals surface area (Å²) >= 11 is 0. The van der Waals surface area contributed by atoms with Crippen LogP contribution in [0.25, 0.3) is 0 Å². The zero-order valence-electron chi connectivity index (χ0n) is 32.0. The van der Waals surface area contributed by atoms with E-state index in [1.807, 2.05) is 0 Å². The molecule has 0 aliphatic carbocycles. The molecule has 0 heterocycles. The summed E-state index contributed by atoms with van der Waals surface area (Å²) in [4.78, 5) is 13.2. The molecule has 0 unspecified atom stereocenters. The van der Waals surface area contributed by atoms with Crippen LogP contribution in [0.2, 0.25) is 0 Å². The van der Waals surface area contributed by atoms with Gasteiger partial charge in [0.1, 0.15) is 19.8 Å². The first-order valence-electron chi connectivity index (χ1n) is 18.5. The molecule has 0 spiro atoms. The molecule has 1 aromatic rings. The Morgan fingerprint density at radius 3 is 1.25 bits per heavy atom. The third-order valence-electron chi connectivity index (χ3n) is 6.72. The topological polar surface area (TPSA) is 140 Å². The molecule has 1 rings (SSSR count). The van der Waals surface area contributed by atoms with E-state index in [4.69, 9.17) is 56.8 Å². The van der Waals surface area contributed by atoms with Crippen LogP contribution < -0.4 is 19.5 Å². The molecule has 0 atom stereocenters. The fourth-order valence-electron chi connectivity index (χ4n) is 4.10. The number of hydrogen-bond donors (Lipinski definition) is 1. The Hall–Kier alpha value is -2.27. The number of ether oxygens (including phenoxy) is 12. The molecule has 0 aliphatic heterocycles. The molecule has 1 amide bonds.